The number of fused-ring (bicyclic) bond motifs is 1. The maximum atomic E-state index is 11.9. The quantitative estimate of drug-likeness (QED) is 0.867. The Balaban J connectivity index is 1.47. The molecule has 4 heteroatoms. The van der Waals surface area contributed by atoms with Gasteiger partial charge in [0.15, 0.2) is 0 Å². The highest BCUT2D eigenvalue weighted by molar-refractivity contribution is 5.83. The van der Waals surface area contributed by atoms with Gasteiger partial charge in [0.25, 0.3) is 0 Å². The Labute approximate surface area is 130 Å². The van der Waals surface area contributed by atoms with E-state index in [9.17, 15) is 4.79 Å². The lowest BCUT2D eigenvalue weighted by atomic mass is 9.88. The lowest BCUT2D eigenvalue weighted by Crippen LogP contribution is -2.43. The van der Waals surface area contributed by atoms with Crippen molar-refractivity contribution in [3.63, 3.8) is 0 Å². The van der Waals surface area contributed by atoms with Crippen LogP contribution < -0.4 is 0 Å². The summed E-state index contributed by atoms with van der Waals surface area (Å²) in [6.45, 7) is 3.95. The number of carbonyl (C=O) groups is 1. The van der Waals surface area contributed by atoms with Gasteiger partial charge < -0.3 is 9.72 Å². The largest absolute Gasteiger partial charge is 0.461 e. The van der Waals surface area contributed by atoms with Gasteiger partial charge in [-0.25, -0.2) is 0 Å². The predicted molar refractivity (Wildman–Crippen MR) is 85.8 cm³/mol. The van der Waals surface area contributed by atoms with Crippen molar-refractivity contribution in [1.29, 1.82) is 0 Å². The molecule has 116 valence electrons. The van der Waals surface area contributed by atoms with Crippen LogP contribution >= 0.6 is 0 Å². The van der Waals surface area contributed by atoms with Crippen LogP contribution in [0.3, 0.4) is 0 Å². The molecular formula is C18H22N2O2. The van der Waals surface area contributed by atoms with Gasteiger partial charge in [-0.1, -0.05) is 18.2 Å². The van der Waals surface area contributed by atoms with Crippen LogP contribution in [0.25, 0.3) is 10.9 Å². The number of benzene rings is 1. The van der Waals surface area contributed by atoms with E-state index in [-0.39, 0.29) is 18.1 Å². The lowest BCUT2D eigenvalue weighted by molar-refractivity contribution is -0.145. The molecule has 3 heterocycles. The first-order valence-electron chi connectivity index (χ1n) is 8.23. The topological polar surface area (TPSA) is 45.3 Å². The molecule has 0 spiro atoms. The standard InChI is InChI=1S/C18H22N2O2/c1-12-10-17(18(21)22-12)20-8-6-13(7-9-20)15-11-19-16-5-3-2-4-14(15)16/h2-5,11-13,17,19H,6-10H2,1H3. The highest BCUT2D eigenvalue weighted by atomic mass is 16.6. The number of aromatic nitrogens is 1. The Morgan fingerprint density at radius 3 is 2.73 bits per heavy atom. The Morgan fingerprint density at radius 2 is 2.00 bits per heavy atom. The third kappa shape index (κ3) is 2.31. The third-order valence-corrected chi connectivity index (χ3v) is 5.18. The molecule has 2 aliphatic rings. The van der Waals surface area contributed by atoms with E-state index in [1.165, 1.54) is 16.5 Å². The number of H-pyrrole nitrogens is 1. The first-order chi connectivity index (χ1) is 10.7. The molecule has 2 aromatic rings. The number of hydrogen-bond acceptors (Lipinski definition) is 3. The number of rotatable bonds is 2. The fourth-order valence-electron chi connectivity index (χ4n) is 3.99. The van der Waals surface area contributed by atoms with E-state index in [4.69, 9.17) is 4.74 Å². The van der Waals surface area contributed by atoms with Gasteiger partial charge in [-0.3, -0.25) is 9.69 Å². The number of likely N-dealkylation sites (tertiary alicyclic amines) is 1. The van der Waals surface area contributed by atoms with Crippen molar-refractivity contribution in [2.45, 2.75) is 44.2 Å². The smallest absolute Gasteiger partial charge is 0.323 e. The van der Waals surface area contributed by atoms with Gasteiger partial charge in [-0.2, -0.15) is 0 Å². The number of piperidine rings is 1. The molecule has 0 aliphatic carbocycles. The summed E-state index contributed by atoms with van der Waals surface area (Å²) in [7, 11) is 0. The molecule has 2 atom stereocenters. The lowest BCUT2D eigenvalue weighted by Gasteiger charge is -2.34. The molecule has 22 heavy (non-hydrogen) atoms. The second kappa shape index (κ2) is 5.43. The molecule has 1 aromatic carbocycles. The molecule has 0 amide bonds. The van der Waals surface area contributed by atoms with Crippen molar-refractivity contribution in [3.05, 3.63) is 36.0 Å². The van der Waals surface area contributed by atoms with Crippen LogP contribution in [0.1, 0.15) is 37.7 Å². The van der Waals surface area contributed by atoms with E-state index in [0.717, 1.165) is 32.4 Å². The fourth-order valence-corrected chi connectivity index (χ4v) is 3.99. The number of carbonyl (C=O) groups excluding carboxylic acids is 1. The van der Waals surface area contributed by atoms with Crippen LogP contribution in [0, 0.1) is 0 Å². The first-order valence-corrected chi connectivity index (χ1v) is 8.23. The zero-order valence-corrected chi connectivity index (χ0v) is 12.9. The normalized spacial score (nSPS) is 27.4. The average molecular weight is 298 g/mol. The van der Waals surface area contributed by atoms with Gasteiger partial charge in [0.05, 0.1) is 0 Å². The SMILES string of the molecule is CC1CC(N2CCC(c3c[nH]c4ccccc34)CC2)C(=O)O1. The molecule has 2 fully saturated rings. The van der Waals surface area contributed by atoms with Crippen LogP contribution in [0.4, 0.5) is 0 Å². The number of para-hydroxylation sites is 1. The van der Waals surface area contributed by atoms with Crippen molar-refractivity contribution in [2.75, 3.05) is 13.1 Å². The van der Waals surface area contributed by atoms with Crippen LogP contribution in [0.15, 0.2) is 30.5 Å². The molecule has 1 aromatic heterocycles. The zero-order valence-electron chi connectivity index (χ0n) is 12.9. The monoisotopic (exact) mass is 298 g/mol. The van der Waals surface area contributed by atoms with Crippen LogP contribution in [0.2, 0.25) is 0 Å². The Bertz CT molecular complexity index is 685. The second-order valence-corrected chi connectivity index (χ2v) is 6.60. The van der Waals surface area contributed by atoms with E-state index < -0.39 is 0 Å². The highest BCUT2D eigenvalue weighted by Crippen LogP contribution is 2.34. The molecule has 4 nitrogen and oxygen atoms in total. The van der Waals surface area contributed by atoms with Gasteiger partial charge in [-0.05, 0) is 50.4 Å². The third-order valence-electron chi connectivity index (χ3n) is 5.18. The van der Waals surface area contributed by atoms with Gasteiger partial charge >= 0.3 is 5.97 Å². The number of nitrogens with one attached hydrogen (secondary N) is 1. The fraction of sp³-hybridized carbons (Fsp3) is 0.500. The van der Waals surface area contributed by atoms with Crippen molar-refractivity contribution in [2.24, 2.45) is 0 Å². The number of nitrogens with zero attached hydrogens (tertiary/aromatic N) is 1. The molecule has 2 unspecified atom stereocenters. The van der Waals surface area contributed by atoms with E-state index >= 15 is 0 Å². The van der Waals surface area contributed by atoms with Gasteiger partial charge in [0.2, 0.25) is 0 Å². The number of aromatic amines is 1. The van der Waals surface area contributed by atoms with Crippen LogP contribution in [0.5, 0.6) is 0 Å². The minimum Gasteiger partial charge on any atom is -0.461 e. The Kier molecular flexibility index (Phi) is 3.41. The minimum atomic E-state index is -0.0296. The molecule has 2 aliphatic heterocycles. The van der Waals surface area contributed by atoms with Crippen molar-refractivity contribution >= 4 is 16.9 Å². The van der Waals surface area contributed by atoms with E-state index in [1.807, 2.05) is 6.92 Å². The number of esters is 1. The average Bonchev–Trinajstić information content (AvgIpc) is 3.10. The van der Waals surface area contributed by atoms with Crippen molar-refractivity contribution in [1.82, 2.24) is 9.88 Å². The summed E-state index contributed by atoms with van der Waals surface area (Å²) in [6.07, 6.45) is 5.30. The molecule has 1 N–H and O–H groups in total. The first kappa shape index (κ1) is 13.8. The predicted octanol–water partition coefficient (Wildman–Crippen LogP) is 3.05. The van der Waals surface area contributed by atoms with Gasteiger partial charge in [-0.15, -0.1) is 0 Å². The maximum absolute atomic E-state index is 11.9. The summed E-state index contributed by atoms with van der Waals surface area (Å²) < 4.78 is 5.30. The molecule has 0 saturated carbocycles. The number of cyclic esters (lactones) is 1. The minimum absolute atomic E-state index is 0.0149. The summed E-state index contributed by atoms with van der Waals surface area (Å²) in [5.74, 6) is 0.556. The maximum Gasteiger partial charge on any atom is 0.323 e. The van der Waals surface area contributed by atoms with Gasteiger partial charge in [0.1, 0.15) is 12.1 Å². The van der Waals surface area contributed by atoms with E-state index in [2.05, 4.69) is 40.3 Å². The second-order valence-electron chi connectivity index (χ2n) is 6.60. The molecule has 2 saturated heterocycles. The Morgan fingerprint density at radius 1 is 1.23 bits per heavy atom. The molecule has 0 bridgehead atoms. The van der Waals surface area contributed by atoms with Crippen molar-refractivity contribution < 1.29 is 9.53 Å². The number of hydrogen-bond donors (Lipinski definition) is 1. The molecular weight excluding hydrogens is 276 g/mol. The van der Waals surface area contributed by atoms with Crippen molar-refractivity contribution in [3.8, 4) is 0 Å². The zero-order chi connectivity index (χ0) is 15.1. The van der Waals surface area contributed by atoms with Crippen LogP contribution in [-0.2, 0) is 9.53 Å². The molecule has 4 rings (SSSR count). The number of ether oxygens (including phenoxy) is 1. The van der Waals surface area contributed by atoms with E-state index in [1.54, 1.807) is 0 Å². The van der Waals surface area contributed by atoms with Gasteiger partial charge in [0, 0.05) is 23.5 Å². The summed E-state index contributed by atoms with van der Waals surface area (Å²) in [5.41, 5.74) is 2.64. The summed E-state index contributed by atoms with van der Waals surface area (Å²) in [6, 6.07) is 8.48. The summed E-state index contributed by atoms with van der Waals surface area (Å²) in [5, 5.41) is 1.34. The highest BCUT2D eigenvalue weighted by Gasteiger charge is 2.38. The Hall–Kier alpha value is -1.81. The van der Waals surface area contributed by atoms with Crippen LogP contribution in [-0.4, -0.2) is 41.1 Å². The summed E-state index contributed by atoms with van der Waals surface area (Å²) in [4.78, 5) is 17.6. The van der Waals surface area contributed by atoms with E-state index in [0.29, 0.717) is 5.92 Å². The summed E-state index contributed by atoms with van der Waals surface area (Å²) >= 11 is 0. The molecule has 0 radical (unpaired) electrons.